The number of rotatable bonds is 2. The lowest BCUT2D eigenvalue weighted by Gasteiger charge is -2.04. The van der Waals surface area contributed by atoms with E-state index < -0.39 is 0 Å². The van der Waals surface area contributed by atoms with Gasteiger partial charge in [-0.05, 0) is 31.7 Å². The van der Waals surface area contributed by atoms with Gasteiger partial charge < -0.3 is 10.3 Å². The van der Waals surface area contributed by atoms with Crippen LogP contribution in [0, 0.1) is 6.92 Å². The molecule has 0 bridgehead atoms. The first-order valence-corrected chi connectivity index (χ1v) is 6.12. The average Bonchev–Trinajstić information content (AvgIpc) is 2.37. The van der Waals surface area contributed by atoms with Crippen LogP contribution < -0.4 is 10.9 Å². The van der Waals surface area contributed by atoms with Gasteiger partial charge in [-0.3, -0.25) is 4.79 Å². The molecule has 2 N–H and O–H groups in total. The highest BCUT2D eigenvalue weighted by atomic mass is 16.1. The molecule has 0 saturated heterocycles. The van der Waals surface area contributed by atoms with Crippen molar-refractivity contribution in [1.29, 1.82) is 0 Å². The summed E-state index contributed by atoms with van der Waals surface area (Å²) < 4.78 is 0. The number of pyridine rings is 1. The van der Waals surface area contributed by atoms with E-state index in [-0.39, 0.29) is 5.56 Å². The van der Waals surface area contributed by atoms with Crippen LogP contribution >= 0.6 is 0 Å². The van der Waals surface area contributed by atoms with Gasteiger partial charge in [-0.25, -0.2) is 9.97 Å². The average molecular weight is 254 g/mol. The van der Waals surface area contributed by atoms with Crippen LogP contribution in [0.25, 0.3) is 21.9 Å². The van der Waals surface area contributed by atoms with E-state index in [0.29, 0.717) is 23.4 Å². The lowest BCUT2D eigenvalue weighted by atomic mass is 10.1. The van der Waals surface area contributed by atoms with E-state index in [1.807, 2.05) is 31.2 Å². The molecule has 3 aromatic rings. The highest BCUT2D eigenvalue weighted by molar-refractivity contribution is 5.90. The van der Waals surface area contributed by atoms with Crippen molar-refractivity contribution in [2.75, 3.05) is 7.05 Å². The number of nitrogens with zero attached hydrogens (tertiary/aromatic N) is 2. The number of hydrogen-bond donors (Lipinski definition) is 2. The molecule has 19 heavy (non-hydrogen) atoms. The Morgan fingerprint density at radius 1 is 1.26 bits per heavy atom. The van der Waals surface area contributed by atoms with Gasteiger partial charge in [-0.15, -0.1) is 0 Å². The minimum Gasteiger partial charge on any atom is -0.313 e. The Kier molecular flexibility index (Phi) is 2.76. The first kappa shape index (κ1) is 11.8. The molecule has 0 saturated carbocycles. The molecule has 5 nitrogen and oxygen atoms in total. The molecule has 1 aromatic carbocycles. The maximum atomic E-state index is 12.0. The van der Waals surface area contributed by atoms with Gasteiger partial charge in [0.15, 0.2) is 5.65 Å². The molecule has 0 atom stereocenters. The summed E-state index contributed by atoms with van der Waals surface area (Å²) in [5, 5.41) is 4.44. The molecule has 0 aliphatic carbocycles. The third-order valence-electron chi connectivity index (χ3n) is 3.04. The van der Waals surface area contributed by atoms with Crippen LogP contribution in [0.2, 0.25) is 0 Å². The third kappa shape index (κ3) is 2.08. The second kappa shape index (κ2) is 4.44. The largest absolute Gasteiger partial charge is 0.313 e. The van der Waals surface area contributed by atoms with Crippen molar-refractivity contribution in [2.24, 2.45) is 0 Å². The summed E-state index contributed by atoms with van der Waals surface area (Å²) in [6.45, 7) is 2.53. The van der Waals surface area contributed by atoms with Gasteiger partial charge in [0, 0.05) is 5.39 Å². The molecule has 0 spiro atoms. The molecule has 3 rings (SSSR count). The zero-order chi connectivity index (χ0) is 13.4. The van der Waals surface area contributed by atoms with E-state index in [0.717, 1.165) is 16.5 Å². The SMILES string of the molecule is CNCc1nc2nc3cc(C)ccc3cc2c(=O)[nH]1. The number of H-pyrrole nitrogens is 1. The minimum absolute atomic E-state index is 0.148. The third-order valence-corrected chi connectivity index (χ3v) is 3.04. The summed E-state index contributed by atoms with van der Waals surface area (Å²) in [7, 11) is 1.81. The van der Waals surface area contributed by atoms with Crippen LogP contribution in [-0.2, 0) is 6.54 Å². The van der Waals surface area contributed by atoms with Gasteiger partial charge in [-0.2, -0.15) is 0 Å². The van der Waals surface area contributed by atoms with Crippen LogP contribution in [0.3, 0.4) is 0 Å². The summed E-state index contributed by atoms with van der Waals surface area (Å²) in [6, 6.07) is 7.81. The minimum atomic E-state index is -0.148. The van der Waals surface area contributed by atoms with E-state index in [1.165, 1.54) is 0 Å². The molecular weight excluding hydrogens is 240 g/mol. The number of aromatic amines is 1. The highest BCUT2D eigenvalue weighted by Crippen LogP contribution is 2.17. The van der Waals surface area contributed by atoms with Gasteiger partial charge >= 0.3 is 0 Å². The number of aromatic nitrogens is 3. The van der Waals surface area contributed by atoms with Crippen molar-refractivity contribution >= 4 is 21.9 Å². The van der Waals surface area contributed by atoms with Crippen LogP contribution in [0.5, 0.6) is 0 Å². The van der Waals surface area contributed by atoms with Gasteiger partial charge in [0.25, 0.3) is 5.56 Å². The normalized spacial score (nSPS) is 11.3. The number of fused-ring (bicyclic) bond motifs is 2. The Bertz CT molecular complexity index is 823. The molecule has 0 aliphatic rings. The monoisotopic (exact) mass is 254 g/mol. The van der Waals surface area contributed by atoms with Crippen LogP contribution in [0.4, 0.5) is 0 Å². The van der Waals surface area contributed by atoms with Crippen molar-refractivity contribution in [2.45, 2.75) is 13.5 Å². The topological polar surface area (TPSA) is 70.7 Å². The second-order valence-electron chi connectivity index (χ2n) is 4.60. The lowest BCUT2D eigenvalue weighted by molar-refractivity contribution is 0.758. The fourth-order valence-corrected chi connectivity index (χ4v) is 2.12. The predicted octanol–water partition coefficient (Wildman–Crippen LogP) is 1.50. The van der Waals surface area contributed by atoms with Crippen molar-refractivity contribution < 1.29 is 0 Å². The molecule has 0 fully saturated rings. The maximum absolute atomic E-state index is 12.0. The predicted molar refractivity (Wildman–Crippen MR) is 75.2 cm³/mol. The zero-order valence-corrected chi connectivity index (χ0v) is 10.8. The number of aryl methyl sites for hydroxylation is 1. The fourth-order valence-electron chi connectivity index (χ4n) is 2.12. The van der Waals surface area contributed by atoms with Crippen molar-refractivity contribution in [3.63, 3.8) is 0 Å². The van der Waals surface area contributed by atoms with Gasteiger partial charge in [0.1, 0.15) is 5.82 Å². The smallest absolute Gasteiger partial charge is 0.260 e. The lowest BCUT2D eigenvalue weighted by Crippen LogP contribution is -2.17. The number of benzene rings is 1. The van der Waals surface area contributed by atoms with E-state index in [1.54, 1.807) is 7.05 Å². The quantitative estimate of drug-likeness (QED) is 0.680. The van der Waals surface area contributed by atoms with E-state index in [9.17, 15) is 4.79 Å². The molecule has 0 radical (unpaired) electrons. The standard InChI is InChI=1S/C14H14N4O/c1-8-3-4-9-6-10-13(16-11(9)5-8)17-12(7-15-2)18-14(10)19/h3-6,15H,7H2,1-2H3,(H,16,17,18,19). The Morgan fingerprint density at radius 2 is 2.11 bits per heavy atom. The molecule has 96 valence electrons. The molecule has 5 heteroatoms. The molecule has 2 aromatic heterocycles. The van der Waals surface area contributed by atoms with Crippen LogP contribution in [0.1, 0.15) is 11.4 Å². The van der Waals surface area contributed by atoms with Crippen LogP contribution in [0.15, 0.2) is 29.1 Å². The second-order valence-corrected chi connectivity index (χ2v) is 4.60. The first-order chi connectivity index (χ1) is 9.17. The van der Waals surface area contributed by atoms with E-state index >= 15 is 0 Å². The number of hydrogen-bond acceptors (Lipinski definition) is 4. The summed E-state index contributed by atoms with van der Waals surface area (Å²) in [5.41, 5.74) is 2.35. The molecule has 0 aliphatic heterocycles. The molecule has 2 heterocycles. The van der Waals surface area contributed by atoms with E-state index in [4.69, 9.17) is 0 Å². The molecule has 0 unspecified atom stereocenters. The van der Waals surface area contributed by atoms with Crippen molar-refractivity contribution in [3.8, 4) is 0 Å². The van der Waals surface area contributed by atoms with E-state index in [2.05, 4.69) is 20.3 Å². The van der Waals surface area contributed by atoms with Gasteiger partial charge in [-0.1, -0.05) is 12.1 Å². The summed E-state index contributed by atoms with van der Waals surface area (Å²) in [5.74, 6) is 0.597. The Hall–Kier alpha value is -2.27. The van der Waals surface area contributed by atoms with Crippen molar-refractivity contribution in [3.05, 3.63) is 46.0 Å². The van der Waals surface area contributed by atoms with Gasteiger partial charge in [0.2, 0.25) is 0 Å². The molecular formula is C14H14N4O. The zero-order valence-electron chi connectivity index (χ0n) is 10.8. The Morgan fingerprint density at radius 3 is 2.89 bits per heavy atom. The summed E-state index contributed by atoms with van der Waals surface area (Å²) in [6.07, 6.45) is 0. The van der Waals surface area contributed by atoms with Crippen LogP contribution in [-0.4, -0.2) is 22.0 Å². The number of nitrogens with one attached hydrogen (secondary N) is 2. The van der Waals surface area contributed by atoms with Crippen molar-refractivity contribution in [1.82, 2.24) is 20.3 Å². The highest BCUT2D eigenvalue weighted by Gasteiger charge is 2.07. The first-order valence-electron chi connectivity index (χ1n) is 6.12. The Balaban J connectivity index is 2.35. The van der Waals surface area contributed by atoms with Gasteiger partial charge in [0.05, 0.1) is 17.4 Å². The molecule has 0 amide bonds. The summed E-state index contributed by atoms with van der Waals surface area (Å²) in [4.78, 5) is 23.6. The fraction of sp³-hybridized carbons (Fsp3) is 0.214. The summed E-state index contributed by atoms with van der Waals surface area (Å²) >= 11 is 0. The maximum Gasteiger partial charge on any atom is 0.260 e. The Labute approximate surface area is 109 Å².